The van der Waals surface area contributed by atoms with Crippen molar-refractivity contribution in [2.45, 2.75) is 20.0 Å². The Morgan fingerprint density at radius 1 is 1.08 bits per heavy atom. The summed E-state index contributed by atoms with van der Waals surface area (Å²) in [5, 5.41) is 0. The van der Waals surface area contributed by atoms with Gasteiger partial charge in [0, 0.05) is 4.47 Å². The maximum absolute atomic E-state index is 12.0. The summed E-state index contributed by atoms with van der Waals surface area (Å²) < 4.78 is 11.8. The summed E-state index contributed by atoms with van der Waals surface area (Å²) in [7, 11) is 0. The summed E-state index contributed by atoms with van der Waals surface area (Å²) >= 11 is 3.31. The standard InChI is InChI=1S/C18H19BrN2O4/c1-12-5-3-4-6-16(12)25-13(2)18(23)21-20-17(22)11-24-15-9-7-14(19)8-10-15/h3-10,13H,11H2,1-2H3,(H,20,22)(H,21,23). The molecule has 0 aliphatic carbocycles. The molecule has 0 heterocycles. The molecular weight excluding hydrogens is 388 g/mol. The molecule has 0 aliphatic heterocycles. The van der Waals surface area contributed by atoms with E-state index in [1.165, 1.54) is 0 Å². The van der Waals surface area contributed by atoms with Crippen LogP contribution < -0.4 is 20.3 Å². The highest BCUT2D eigenvalue weighted by molar-refractivity contribution is 9.10. The number of carbonyl (C=O) groups excluding carboxylic acids is 2. The van der Waals surface area contributed by atoms with Gasteiger partial charge in [-0.05, 0) is 49.7 Å². The molecule has 0 spiro atoms. The molecule has 2 N–H and O–H groups in total. The van der Waals surface area contributed by atoms with Gasteiger partial charge in [0.25, 0.3) is 11.8 Å². The van der Waals surface area contributed by atoms with Crippen LogP contribution in [0.2, 0.25) is 0 Å². The first-order chi connectivity index (χ1) is 12.0. The molecule has 1 unspecified atom stereocenters. The van der Waals surface area contributed by atoms with Crippen molar-refractivity contribution in [3.05, 3.63) is 58.6 Å². The molecule has 0 aromatic heterocycles. The lowest BCUT2D eigenvalue weighted by Gasteiger charge is -2.16. The number of amides is 2. The van der Waals surface area contributed by atoms with Crippen LogP contribution in [0.25, 0.3) is 0 Å². The lowest BCUT2D eigenvalue weighted by Crippen LogP contribution is -2.48. The van der Waals surface area contributed by atoms with E-state index in [4.69, 9.17) is 9.47 Å². The van der Waals surface area contributed by atoms with Crippen molar-refractivity contribution in [1.82, 2.24) is 10.9 Å². The van der Waals surface area contributed by atoms with Gasteiger partial charge >= 0.3 is 0 Å². The second-order valence-electron chi connectivity index (χ2n) is 5.31. The maximum atomic E-state index is 12.0. The minimum atomic E-state index is -0.756. The van der Waals surface area contributed by atoms with E-state index in [2.05, 4.69) is 26.8 Å². The quantitative estimate of drug-likeness (QED) is 0.723. The first-order valence-electron chi connectivity index (χ1n) is 7.65. The molecule has 6 nitrogen and oxygen atoms in total. The van der Waals surface area contributed by atoms with Crippen LogP contribution in [0.1, 0.15) is 12.5 Å². The highest BCUT2D eigenvalue weighted by Crippen LogP contribution is 2.18. The fraction of sp³-hybridized carbons (Fsp3) is 0.222. The number of benzene rings is 2. The van der Waals surface area contributed by atoms with Crippen LogP contribution in [0.3, 0.4) is 0 Å². The van der Waals surface area contributed by atoms with Gasteiger partial charge in [0.05, 0.1) is 0 Å². The average molecular weight is 407 g/mol. The lowest BCUT2D eigenvalue weighted by atomic mass is 10.2. The molecule has 2 aromatic carbocycles. The molecule has 0 aliphatic rings. The molecule has 0 radical (unpaired) electrons. The predicted molar refractivity (Wildman–Crippen MR) is 97.2 cm³/mol. The topological polar surface area (TPSA) is 76.7 Å². The van der Waals surface area contributed by atoms with Crippen molar-refractivity contribution in [2.75, 3.05) is 6.61 Å². The summed E-state index contributed by atoms with van der Waals surface area (Å²) in [5.74, 6) is 0.246. The van der Waals surface area contributed by atoms with Gasteiger partial charge in [-0.2, -0.15) is 0 Å². The molecule has 1 atom stereocenters. The Morgan fingerprint density at radius 3 is 2.44 bits per heavy atom. The number of hydrogen-bond acceptors (Lipinski definition) is 4. The number of ether oxygens (including phenoxy) is 2. The third-order valence-electron chi connectivity index (χ3n) is 3.28. The molecular formula is C18H19BrN2O4. The van der Waals surface area contributed by atoms with Crippen molar-refractivity contribution in [3.8, 4) is 11.5 Å². The van der Waals surface area contributed by atoms with E-state index >= 15 is 0 Å². The van der Waals surface area contributed by atoms with Crippen LogP contribution in [0, 0.1) is 6.92 Å². The summed E-state index contributed by atoms with van der Waals surface area (Å²) in [5.41, 5.74) is 5.53. The fourth-order valence-corrected chi connectivity index (χ4v) is 2.15. The van der Waals surface area contributed by atoms with Crippen LogP contribution >= 0.6 is 15.9 Å². The van der Waals surface area contributed by atoms with Crippen molar-refractivity contribution >= 4 is 27.7 Å². The Kier molecular flexibility index (Phi) is 6.82. The van der Waals surface area contributed by atoms with Crippen molar-refractivity contribution in [3.63, 3.8) is 0 Å². The number of para-hydroxylation sites is 1. The van der Waals surface area contributed by atoms with E-state index in [-0.39, 0.29) is 6.61 Å². The summed E-state index contributed by atoms with van der Waals surface area (Å²) in [6.07, 6.45) is -0.756. The Balaban J connectivity index is 1.74. The van der Waals surface area contributed by atoms with E-state index < -0.39 is 17.9 Å². The Labute approximate surface area is 154 Å². The summed E-state index contributed by atoms with van der Waals surface area (Å²) in [6, 6.07) is 14.5. The zero-order valence-corrected chi connectivity index (χ0v) is 15.5. The van der Waals surface area contributed by atoms with Gasteiger partial charge < -0.3 is 9.47 Å². The van der Waals surface area contributed by atoms with Gasteiger partial charge in [-0.25, -0.2) is 0 Å². The van der Waals surface area contributed by atoms with Gasteiger partial charge in [0.15, 0.2) is 12.7 Å². The van der Waals surface area contributed by atoms with Gasteiger partial charge in [-0.1, -0.05) is 34.1 Å². The third-order valence-corrected chi connectivity index (χ3v) is 3.80. The molecule has 0 bridgehead atoms. The van der Waals surface area contributed by atoms with Crippen molar-refractivity contribution < 1.29 is 19.1 Å². The first kappa shape index (κ1) is 18.8. The Morgan fingerprint density at radius 2 is 1.76 bits per heavy atom. The van der Waals surface area contributed by atoms with Crippen LogP contribution in [-0.4, -0.2) is 24.5 Å². The monoisotopic (exact) mass is 406 g/mol. The van der Waals surface area contributed by atoms with E-state index in [9.17, 15) is 9.59 Å². The molecule has 7 heteroatoms. The van der Waals surface area contributed by atoms with Crippen molar-refractivity contribution in [2.24, 2.45) is 0 Å². The average Bonchev–Trinajstić information content (AvgIpc) is 2.61. The molecule has 0 saturated carbocycles. The van der Waals surface area contributed by atoms with Gasteiger partial charge in [0.2, 0.25) is 0 Å². The van der Waals surface area contributed by atoms with E-state index in [0.29, 0.717) is 11.5 Å². The van der Waals surface area contributed by atoms with Crippen LogP contribution in [-0.2, 0) is 9.59 Å². The molecule has 0 fully saturated rings. The first-order valence-corrected chi connectivity index (χ1v) is 8.44. The largest absolute Gasteiger partial charge is 0.484 e. The summed E-state index contributed by atoms with van der Waals surface area (Å²) in [4.78, 5) is 23.7. The van der Waals surface area contributed by atoms with E-state index in [1.807, 2.05) is 25.1 Å². The summed E-state index contributed by atoms with van der Waals surface area (Å²) in [6.45, 7) is 3.28. The zero-order valence-electron chi connectivity index (χ0n) is 13.9. The molecule has 25 heavy (non-hydrogen) atoms. The Hall–Kier alpha value is -2.54. The Bertz CT molecular complexity index is 734. The van der Waals surface area contributed by atoms with Gasteiger partial charge in [-0.3, -0.25) is 20.4 Å². The second-order valence-corrected chi connectivity index (χ2v) is 6.22. The number of hydrogen-bond donors (Lipinski definition) is 2. The number of rotatable bonds is 6. The minimum absolute atomic E-state index is 0.213. The maximum Gasteiger partial charge on any atom is 0.279 e. The number of aryl methyl sites for hydroxylation is 1. The van der Waals surface area contributed by atoms with Crippen LogP contribution in [0.15, 0.2) is 53.0 Å². The van der Waals surface area contributed by atoms with Crippen LogP contribution in [0.4, 0.5) is 0 Å². The SMILES string of the molecule is Cc1ccccc1OC(C)C(=O)NNC(=O)COc1ccc(Br)cc1. The molecule has 2 rings (SSSR count). The molecule has 0 saturated heterocycles. The molecule has 2 aromatic rings. The number of carbonyl (C=O) groups is 2. The highest BCUT2D eigenvalue weighted by atomic mass is 79.9. The fourth-order valence-electron chi connectivity index (χ4n) is 1.88. The smallest absolute Gasteiger partial charge is 0.279 e. The minimum Gasteiger partial charge on any atom is -0.484 e. The van der Waals surface area contributed by atoms with Crippen LogP contribution in [0.5, 0.6) is 11.5 Å². The lowest BCUT2D eigenvalue weighted by molar-refractivity contribution is -0.133. The van der Waals surface area contributed by atoms with E-state index in [0.717, 1.165) is 10.0 Å². The second kappa shape index (κ2) is 9.08. The van der Waals surface area contributed by atoms with Gasteiger partial charge in [0.1, 0.15) is 11.5 Å². The number of nitrogens with one attached hydrogen (secondary N) is 2. The molecule has 2 amide bonds. The third kappa shape index (κ3) is 6.11. The van der Waals surface area contributed by atoms with Gasteiger partial charge in [-0.15, -0.1) is 0 Å². The number of hydrazine groups is 1. The number of halogens is 1. The van der Waals surface area contributed by atoms with Crippen molar-refractivity contribution in [1.29, 1.82) is 0 Å². The predicted octanol–water partition coefficient (Wildman–Crippen LogP) is 2.75. The normalized spacial score (nSPS) is 11.3. The van der Waals surface area contributed by atoms with E-state index in [1.54, 1.807) is 37.3 Å². The zero-order chi connectivity index (χ0) is 18.2. The molecule has 132 valence electrons. The highest BCUT2D eigenvalue weighted by Gasteiger charge is 2.16.